The molecule has 1 aromatic heterocycles. The fourth-order valence-corrected chi connectivity index (χ4v) is 4.45. The Labute approximate surface area is 132 Å². The largest absolute Gasteiger partial charge is 0.359 e. The normalized spacial score (nSPS) is 19.1. The Kier molecular flexibility index (Phi) is 3.90. The van der Waals surface area contributed by atoms with Crippen LogP contribution in [0, 0.1) is 17.0 Å². The average Bonchev–Trinajstić information content (AvgIpc) is 3.16. The fraction of sp³-hybridized carbons (Fsp3) is 0.357. The molecule has 0 radical (unpaired) electrons. The van der Waals surface area contributed by atoms with Crippen LogP contribution in [-0.2, 0) is 10.0 Å². The van der Waals surface area contributed by atoms with Gasteiger partial charge in [0.1, 0.15) is 0 Å². The van der Waals surface area contributed by atoms with Crippen molar-refractivity contribution in [3.8, 4) is 0 Å². The molecule has 3 rings (SSSR count). The van der Waals surface area contributed by atoms with E-state index in [1.165, 1.54) is 22.5 Å². The van der Waals surface area contributed by atoms with Gasteiger partial charge in [0.15, 0.2) is 5.76 Å². The zero-order valence-corrected chi connectivity index (χ0v) is 13.2. The van der Waals surface area contributed by atoms with Gasteiger partial charge >= 0.3 is 0 Å². The Morgan fingerprint density at radius 2 is 2.17 bits per heavy atom. The van der Waals surface area contributed by atoms with E-state index in [0.717, 1.165) is 6.07 Å². The first-order valence-corrected chi connectivity index (χ1v) is 8.53. The van der Waals surface area contributed by atoms with Crippen LogP contribution in [0.3, 0.4) is 0 Å². The zero-order valence-electron chi connectivity index (χ0n) is 12.4. The van der Waals surface area contributed by atoms with Crippen LogP contribution in [0.15, 0.2) is 39.8 Å². The molecular weight excluding hydrogens is 322 g/mol. The van der Waals surface area contributed by atoms with Gasteiger partial charge in [0.2, 0.25) is 10.0 Å². The highest BCUT2D eigenvalue weighted by Gasteiger charge is 2.38. The summed E-state index contributed by atoms with van der Waals surface area (Å²) in [5.41, 5.74) is 0.428. The number of sulfonamides is 1. The van der Waals surface area contributed by atoms with Gasteiger partial charge in [-0.05, 0) is 25.8 Å². The highest BCUT2D eigenvalue weighted by Crippen LogP contribution is 2.37. The zero-order chi connectivity index (χ0) is 16.6. The number of non-ortho nitro benzene ring substituents is 1. The molecule has 0 aliphatic carbocycles. The van der Waals surface area contributed by atoms with Gasteiger partial charge < -0.3 is 4.52 Å². The maximum atomic E-state index is 12.8. The Bertz CT molecular complexity index is 846. The molecule has 8 nitrogen and oxygen atoms in total. The summed E-state index contributed by atoms with van der Waals surface area (Å²) in [7, 11) is -3.84. The highest BCUT2D eigenvalue weighted by molar-refractivity contribution is 7.89. The highest BCUT2D eigenvalue weighted by atomic mass is 32.2. The molecular formula is C14H15N3O5S. The van der Waals surface area contributed by atoms with E-state index in [-0.39, 0.29) is 10.6 Å². The summed E-state index contributed by atoms with van der Waals surface area (Å²) < 4.78 is 32.2. The minimum absolute atomic E-state index is 0.0881. The maximum Gasteiger partial charge on any atom is 0.270 e. The fourth-order valence-electron chi connectivity index (χ4n) is 2.75. The van der Waals surface area contributed by atoms with E-state index in [0.29, 0.717) is 30.8 Å². The van der Waals surface area contributed by atoms with E-state index >= 15 is 0 Å². The van der Waals surface area contributed by atoms with E-state index in [1.807, 2.05) is 0 Å². The third kappa shape index (κ3) is 2.84. The van der Waals surface area contributed by atoms with Crippen molar-refractivity contribution in [1.29, 1.82) is 0 Å². The Hall–Kier alpha value is -2.26. The second-order valence-electron chi connectivity index (χ2n) is 5.40. The van der Waals surface area contributed by atoms with E-state index in [9.17, 15) is 18.5 Å². The SMILES string of the molecule is Cc1cc(C2CCCN2S(=O)(=O)c2cccc([N+](=O)[O-])c2)on1. The van der Waals surface area contributed by atoms with Gasteiger partial charge in [0.05, 0.1) is 21.6 Å². The van der Waals surface area contributed by atoms with Crippen molar-refractivity contribution in [2.45, 2.75) is 30.7 Å². The molecule has 1 aliphatic rings. The molecule has 1 unspecified atom stereocenters. The Balaban J connectivity index is 1.98. The monoisotopic (exact) mass is 337 g/mol. The van der Waals surface area contributed by atoms with Crippen LogP contribution < -0.4 is 0 Å². The van der Waals surface area contributed by atoms with Crippen LogP contribution in [-0.4, -0.2) is 29.3 Å². The molecule has 1 saturated heterocycles. The van der Waals surface area contributed by atoms with E-state index in [2.05, 4.69) is 5.16 Å². The Morgan fingerprint density at radius 1 is 1.39 bits per heavy atom. The van der Waals surface area contributed by atoms with Crippen molar-refractivity contribution in [2.75, 3.05) is 6.54 Å². The molecule has 9 heteroatoms. The van der Waals surface area contributed by atoms with Gasteiger partial charge in [-0.25, -0.2) is 8.42 Å². The molecule has 0 bridgehead atoms. The van der Waals surface area contributed by atoms with E-state index < -0.39 is 21.0 Å². The quantitative estimate of drug-likeness (QED) is 0.626. The summed E-state index contributed by atoms with van der Waals surface area (Å²) in [4.78, 5) is 10.2. The number of aryl methyl sites for hydroxylation is 1. The van der Waals surface area contributed by atoms with E-state index in [1.54, 1.807) is 13.0 Å². The number of nitro benzene ring substituents is 1. The number of rotatable bonds is 4. The topological polar surface area (TPSA) is 107 Å². The van der Waals surface area contributed by atoms with Crippen LogP contribution in [0.1, 0.15) is 30.3 Å². The predicted molar refractivity (Wildman–Crippen MR) is 80.2 cm³/mol. The molecule has 2 heterocycles. The molecule has 0 spiro atoms. The second kappa shape index (κ2) is 5.74. The number of nitro groups is 1. The van der Waals surface area contributed by atoms with Gasteiger partial charge in [-0.3, -0.25) is 10.1 Å². The first-order valence-electron chi connectivity index (χ1n) is 7.09. The lowest BCUT2D eigenvalue weighted by molar-refractivity contribution is -0.385. The standard InChI is InChI=1S/C14H15N3O5S/c1-10-8-14(22-15-10)13-6-3-7-16(13)23(20,21)12-5-2-4-11(9-12)17(18)19/h2,4-5,8-9,13H,3,6-7H2,1H3. The van der Waals surface area contributed by atoms with Gasteiger partial charge in [-0.1, -0.05) is 11.2 Å². The van der Waals surface area contributed by atoms with Crippen LogP contribution in [0.4, 0.5) is 5.69 Å². The molecule has 1 atom stereocenters. The first kappa shape index (κ1) is 15.6. The van der Waals surface area contributed by atoms with Crippen molar-refractivity contribution in [3.63, 3.8) is 0 Å². The molecule has 0 saturated carbocycles. The number of nitrogens with zero attached hydrogens (tertiary/aromatic N) is 3. The van der Waals surface area contributed by atoms with Gasteiger partial charge in [0.25, 0.3) is 5.69 Å². The second-order valence-corrected chi connectivity index (χ2v) is 7.29. The lowest BCUT2D eigenvalue weighted by atomic mass is 10.2. The van der Waals surface area contributed by atoms with Crippen LogP contribution in [0.25, 0.3) is 0 Å². The number of benzene rings is 1. The number of hydrogen-bond donors (Lipinski definition) is 0. The summed E-state index contributed by atoms with van der Waals surface area (Å²) in [5, 5.41) is 14.7. The average molecular weight is 337 g/mol. The van der Waals surface area contributed by atoms with Crippen molar-refractivity contribution >= 4 is 15.7 Å². The molecule has 1 aliphatic heterocycles. The summed E-state index contributed by atoms with van der Waals surface area (Å²) in [6.07, 6.45) is 1.32. The van der Waals surface area contributed by atoms with Crippen LogP contribution in [0.5, 0.6) is 0 Å². The Morgan fingerprint density at radius 3 is 2.83 bits per heavy atom. The van der Waals surface area contributed by atoms with Crippen LogP contribution in [0.2, 0.25) is 0 Å². The summed E-state index contributed by atoms with van der Waals surface area (Å²) in [5.74, 6) is 0.494. The number of aromatic nitrogens is 1. The number of hydrogen-bond acceptors (Lipinski definition) is 6. The minimum Gasteiger partial charge on any atom is -0.359 e. The maximum absolute atomic E-state index is 12.8. The molecule has 1 aromatic carbocycles. The van der Waals surface area contributed by atoms with Crippen molar-refractivity contribution in [1.82, 2.24) is 9.46 Å². The first-order chi connectivity index (χ1) is 10.9. The van der Waals surface area contributed by atoms with Crippen molar-refractivity contribution < 1.29 is 17.9 Å². The lowest BCUT2D eigenvalue weighted by Gasteiger charge is -2.22. The smallest absolute Gasteiger partial charge is 0.270 e. The van der Waals surface area contributed by atoms with Gasteiger partial charge in [0, 0.05) is 24.7 Å². The molecule has 1 fully saturated rings. The molecule has 2 aromatic rings. The molecule has 122 valence electrons. The van der Waals surface area contributed by atoms with Gasteiger partial charge in [-0.15, -0.1) is 0 Å². The lowest BCUT2D eigenvalue weighted by Crippen LogP contribution is -2.30. The molecule has 0 N–H and O–H groups in total. The summed E-state index contributed by atoms with van der Waals surface area (Å²) >= 11 is 0. The van der Waals surface area contributed by atoms with Crippen LogP contribution >= 0.6 is 0 Å². The third-order valence-corrected chi connectivity index (χ3v) is 5.72. The van der Waals surface area contributed by atoms with Crippen molar-refractivity contribution in [2.24, 2.45) is 0 Å². The summed E-state index contributed by atoms with van der Waals surface area (Å²) in [6, 6.07) is 6.36. The molecule has 23 heavy (non-hydrogen) atoms. The van der Waals surface area contributed by atoms with Gasteiger partial charge in [-0.2, -0.15) is 4.31 Å². The molecule has 0 amide bonds. The van der Waals surface area contributed by atoms with E-state index in [4.69, 9.17) is 4.52 Å². The van der Waals surface area contributed by atoms with Crippen molar-refractivity contribution in [3.05, 3.63) is 51.9 Å². The third-order valence-electron chi connectivity index (χ3n) is 3.81. The predicted octanol–water partition coefficient (Wildman–Crippen LogP) is 2.42. The minimum atomic E-state index is -3.84. The summed E-state index contributed by atoms with van der Waals surface area (Å²) in [6.45, 7) is 2.11.